The highest BCUT2D eigenvalue weighted by atomic mass is 35.5. The Hall–Kier alpha value is -1.76. The van der Waals surface area contributed by atoms with Gasteiger partial charge in [-0.15, -0.1) is 10.2 Å². The molecule has 1 aromatic heterocycles. The van der Waals surface area contributed by atoms with Crippen molar-refractivity contribution >= 4 is 29.2 Å². The van der Waals surface area contributed by atoms with Crippen molar-refractivity contribution in [2.45, 2.75) is 76.6 Å². The highest BCUT2D eigenvalue weighted by Gasteiger charge is 2.46. The summed E-state index contributed by atoms with van der Waals surface area (Å²) >= 11 is 6.11. The van der Waals surface area contributed by atoms with Crippen LogP contribution in [-0.2, 0) is 4.74 Å². The fraction of sp³-hybridized carbons (Fsp3) is 0.750. The first-order valence-electron chi connectivity index (χ1n) is 10.3. The minimum Gasteiger partial charge on any atom is -0.444 e. The molecule has 4 heterocycles. The van der Waals surface area contributed by atoms with E-state index in [1.165, 1.54) is 0 Å². The second-order valence-electron chi connectivity index (χ2n) is 9.24. The number of amides is 1. The van der Waals surface area contributed by atoms with E-state index in [1.54, 1.807) is 0 Å². The van der Waals surface area contributed by atoms with Crippen LogP contribution in [-0.4, -0.2) is 65.1 Å². The third kappa shape index (κ3) is 3.73. The van der Waals surface area contributed by atoms with E-state index >= 15 is 0 Å². The molecule has 2 unspecified atom stereocenters. The van der Waals surface area contributed by atoms with Gasteiger partial charge in [-0.3, -0.25) is 0 Å². The first-order chi connectivity index (χ1) is 13.2. The van der Waals surface area contributed by atoms with E-state index in [9.17, 15) is 4.79 Å². The van der Waals surface area contributed by atoms with Gasteiger partial charge in [0.15, 0.2) is 11.0 Å². The number of aromatic nitrogens is 2. The lowest BCUT2D eigenvalue weighted by Crippen LogP contribution is -2.54. The second-order valence-corrected chi connectivity index (χ2v) is 9.63. The zero-order valence-corrected chi connectivity index (χ0v) is 17.9. The highest BCUT2D eigenvalue weighted by Crippen LogP contribution is 2.41. The molecule has 0 radical (unpaired) electrons. The van der Waals surface area contributed by atoms with Gasteiger partial charge in [0.25, 0.3) is 0 Å². The normalized spacial score (nSPS) is 27.5. The van der Waals surface area contributed by atoms with Crippen LogP contribution in [0.15, 0.2) is 6.07 Å². The molecule has 1 aromatic rings. The number of hydrogen-bond donors (Lipinski definition) is 0. The van der Waals surface area contributed by atoms with Gasteiger partial charge in [0.05, 0.1) is 5.69 Å². The van der Waals surface area contributed by atoms with Gasteiger partial charge < -0.3 is 19.4 Å². The van der Waals surface area contributed by atoms with Gasteiger partial charge in [-0.2, -0.15) is 0 Å². The molecule has 2 atom stereocenters. The number of nitrogens with zero attached hydrogens (tertiary/aromatic N) is 5. The van der Waals surface area contributed by atoms with Gasteiger partial charge in [-0.05, 0) is 52.9 Å². The highest BCUT2D eigenvalue weighted by molar-refractivity contribution is 6.29. The molecule has 28 heavy (non-hydrogen) atoms. The molecule has 0 aromatic carbocycles. The Balaban J connectivity index is 1.55. The van der Waals surface area contributed by atoms with E-state index in [-0.39, 0.29) is 18.2 Å². The standard InChI is InChI=1S/C20H30ClN5O2/c1-20(2,3)28-19(27)26-13-6-7-14(26)11-15(10-13)25-9-5-8-24(4)16-12-17(21)22-23-18(16)25/h12-15H,5-11H2,1-4H3. The van der Waals surface area contributed by atoms with Crippen molar-refractivity contribution in [3.63, 3.8) is 0 Å². The smallest absolute Gasteiger partial charge is 0.410 e. The third-order valence-corrected chi connectivity index (χ3v) is 6.24. The van der Waals surface area contributed by atoms with Crippen molar-refractivity contribution in [1.82, 2.24) is 15.1 Å². The SMILES string of the molecule is CN1CCCN(C2CC3CCC(C2)N3C(=O)OC(C)(C)C)c2nnc(Cl)cc21. The molecule has 154 valence electrons. The average molecular weight is 408 g/mol. The summed E-state index contributed by atoms with van der Waals surface area (Å²) in [7, 11) is 2.08. The number of rotatable bonds is 1. The molecular formula is C20H30ClN5O2. The molecule has 4 rings (SSSR count). The van der Waals surface area contributed by atoms with Crippen molar-refractivity contribution in [2.75, 3.05) is 29.9 Å². The summed E-state index contributed by atoms with van der Waals surface area (Å²) in [4.78, 5) is 19.3. The summed E-state index contributed by atoms with van der Waals surface area (Å²) < 4.78 is 5.67. The van der Waals surface area contributed by atoms with Crippen molar-refractivity contribution in [1.29, 1.82) is 0 Å². The molecule has 3 aliphatic rings. The number of anilines is 2. The van der Waals surface area contributed by atoms with Crippen LogP contribution in [0.3, 0.4) is 0 Å². The van der Waals surface area contributed by atoms with Crippen LogP contribution in [0.1, 0.15) is 52.9 Å². The van der Waals surface area contributed by atoms with Crippen LogP contribution >= 0.6 is 11.6 Å². The number of carbonyl (C=O) groups is 1. The van der Waals surface area contributed by atoms with Crippen LogP contribution in [0, 0.1) is 0 Å². The molecule has 7 nitrogen and oxygen atoms in total. The van der Waals surface area contributed by atoms with Gasteiger partial charge in [-0.25, -0.2) is 4.79 Å². The van der Waals surface area contributed by atoms with E-state index < -0.39 is 5.60 Å². The lowest BCUT2D eigenvalue weighted by molar-refractivity contribution is 0.00582. The maximum absolute atomic E-state index is 12.7. The Morgan fingerprint density at radius 1 is 1.14 bits per heavy atom. The molecule has 3 aliphatic heterocycles. The summed E-state index contributed by atoms with van der Waals surface area (Å²) in [5, 5.41) is 8.99. The predicted octanol–water partition coefficient (Wildman–Crippen LogP) is 3.71. The topological polar surface area (TPSA) is 61.8 Å². The van der Waals surface area contributed by atoms with Crippen molar-refractivity contribution in [2.24, 2.45) is 0 Å². The molecule has 1 amide bonds. The molecule has 0 spiro atoms. The Labute approximate surface area is 172 Å². The Bertz CT molecular complexity index is 739. The summed E-state index contributed by atoms with van der Waals surface area (Å²) in [6.07, 6.45) is 4.89. The van der Waals surface area contributed by atoms with Crippen molar-refractivity contribution in [3.05, 3.63) is 11.2 Å². The molecule has 8 heteroatoms. The number of fused-ring (bicyclic) bond motifs is 3. The Kier molecular flexibility index (Phi) is 5.06. The Morgan fingerprint density at radius 3 is 2.46 bits per heavy atom. The summed E-state index contributed by atoms with van der Waals surface area (Å²) in [6, 6.07) is 2.75. The quantitative estimate of drug-likeness (QED) is 0.707. The van der Waals surface area contributed by atoms with Gasteiger partial charge in [-0.1, -0.05) is 11.6 Å². The summed E-state index contributed by atoms with van der Waals surface area (Å²) in [6.45, 7) is 7.69. The first kappa shape index (κ1) is 19.6. The third-order valence-electron chi connectivity index (χ3n) is 6.05. The van der Waals surface area contributed by atoms with Gasteiger partial charge >= 0.3 is 6.09 Å². The maximum atomic E-state index is 12.7. The number of ether oxygens (including phenoxy) is 1. The average Bonchev–Trinajstić information content (AvgIpc) is 2.77. The van der Waals surface area contributed by atoms with Crippen LogP contribution in [0.25, 0.3) is 0 Å². The van der Waals surface area contributed by atoms with Gasteiger partial charge in [0, 0.05) is 44.3 Å². The fourth-order valence-electron chi connectivity index (χ4n) is 4.91. The van der Waals surface area contributed by atoms with Gasteiger partial charge in [0.2, 0.25) is 0 Å². The predicted molar refractivity (Wildman–Crippen MR) is 110 cm³/mol. The zero-order valence-electron chi connectivity index (χ0n) is 17.2. The molecule has 0 N–H and O–H groups in total. The lowest BCUT2D eigenvalue weighted by Gasteiger charge is -2.43. The van der Waals surface area contributed by atoms with E-state index in [2.05, 4.69) is 27.0 Å². The van der Waals surface area contributed by atoms with Gasteiger partial charge in [0.1, 0.15) is 5.60 Å². The van der Waals surface area contributed by atoms with E-state index in [4.69, 9.17) is 16.3 Å². The van der Waals surface area contributed by atoms with Crippen LogP contribution in [0.5, 0.6) is 0 Å². The van der Waals surface area contributed by atoms with E-state index in [0.29, 0.717) is 11.2 Å². The fourth-order valence-corrected chi connectivity index (χ4v) is 5.05. The van der Waals surface area contributed by atoms with E-state index in [0.717, 1.165) is 56.7 Å². The second kappa shape index (κ2) is 7.25. The van der Waals surface area contributed by atoms with E-state index in [1.807, 2.05) is 31.7 Å². The monoisotopic (exact) mass is 407 g/mol. The number of halogens is 1. The van der Waals surface area contributed by atoms with Crippen molar-refractivity contribution < 1.29 is 9.53 Å². The first-order valence-corrected chi connectivity index (χ1v) is 10.6. The summed E-state index contributed by atoms with van der Waals surface area (Å²) in [5.74, 6) is 0.916. The number of hydrogen-bond acceptors (Lipinski definition) is 6. The zero-order chi connectivity index (χ0) is 20.1. The largest absolute Gasteiger partial charge is 0.444 e. The molecule has 0 aliphatic carbocycles. The lowest BCUT2D eigenvalue weighted by atomic mass is 9.96. The molecule has 2 bridgehead atoms. The number of piperidine rings is 1. The molecule has 2 fully saturated rings. The maximum Gasteiger partial charge on any atom is 0.410 e. The molecular weight excluding hydrogens is 378 g/mol. The van der Waals surface area contributed by atoms with Crippen LogP contribution in [0.2, 0.25) is 5.15 Å². The summed E-state index contributed by atoms with van der Waals surface area (Å²) in [5.41, 5.74) is 0.579. The minimum atomic E-state index is -0.462. The van der Waals surface area contributed by atoms with Crippen LogP contribution in [0.4, 0.5) is 16.3 Å². The van der Waals surface area contributed by atoms with Crippen molar-refractivity contribution in [3.8, 4) is 0 Å². The molecule has 2 saturated heterocycles. The van der Waals surface area contributed by atoms with Crippen LogP contribution < -0.4 is 9.80 Å². The minimum absolute atomic E-state index is 0.166. The Morgan fingerprint density at radius 2 is 1.82 bits per heavy atom. The molecule has 0 saturated carbocycles. The number of carbonyl (C=O) groups excluding carboxylic acids is 1.